The van der Waals surface area contributed by atoms with E-state index in [2.05, 4.69) is 15.9 Å². The standard InChI is InChI=1S/C15H17BrN2O3S/c1-18(10-11-5-3-2-4-6-11)22(20,21)14-9-12(15(17)19)7-8-13(14)16/h3,5-9H,2,4,10H2,1H3,(H2,17,19). The maximum Gasteiger partial charge on any atom is 0.248 e. The quantitative estimate of drug-likeness (QED) is 0.846. The van der Waals surface area contributed by atoms with E-state index in [0.29, 0.717) is 4.47 Å². The molecule has 0 bridgehead atoms. The van der Waals surface area contributed by atoms with E-state index in [0.717, 1.165) is 18.4 Å². The SMILES string of the molecule is CN(CC1=CCCC=C1)S(=O)(=O)c1cc(C(N)=O)ccc1Br. The summed E-state index contributed by atoms with van der Waals surface area (Å²) in [5.74, 6) is -0.662. The molecule has 1 aliphatic rings. The lowest BCUT2D eigenvalue weighted by molar-refractivity contribution is 0.1000. The van der Waals surface area contributed by atoms with Crippen molar-refractivity contribution in [2.45, 2.75) is 17.7 Å². The van der Waals surface area contributed by atoms with Crippen LogP contribution in [0.25, 0.3) is 0 Å². The second-order valence-electron chi connectivity index (χ2n) is 5.03. The maximum atomic E-state index is 12.7. The number of amides is 1. The van der Waals surface area contributed by atoms with E-state index in [-0.39, 0.29) is 17.0 Å². The monoisotopic (exact) mass is 384 g/mol. The molecule has 2 N–H and O–H groups in total. The van der Waals surface area contributed by atoms with Gasteiger partial charge in [0.2, 0.25) is 15.9 Å². The van der Waals surface area contributed by atoms with Crippen LogP contribution in [0.4, 0.5) is 0 Å². The van der Waals surface area contributed by atoms with E-state index < -0.39 is 15.9 Å². The van der Waals surface area contributed by atoms with Gasteiger partial charge < -0.3 is 5.73 Å². The second-order valence-corrected chi connectivity index (χ2v) is 7.90. The van der Waals surface area contributed by atoms with Crippen molar-refractivity contribution < 1.29 is 13.2 Å². The number of allylic oxidation sites excluding steroid dienone is 2. The van der Waals surface area contributed by atoms with Crippen molar-refractivity contribution in [2.75, 3.05) is 13.6 Å². The molecular formula is C15H17BrN2O3S. The van der Waals surface area contributed by atoms with Crippen LogP contribution in [0.15, 0.2) is 51.4 Å². The zero-order chi connectivity index (χ0) is 16.3. The van der Waals surface area contributed by atoms with Gasteiger partial charge in [-0.25, -0.2) is 8.42 Å². The van der Waals surface area contributed by atoms with Gasteiger partial charge in [-0.3, -0.25) is 4.79 Å². The summed E-state index contributed by atoms with van der Waals surface area (Å²) >= 11 is 3.22. The third kappa shape index (κ3) is 3.66. The molecule has 0 heterocycles. The fourth-order valence-electron chi connectivity index (χ4n) is 2.15. The zero-order valence-corrected chi connectivity index (χ0v) is 14.5. The summed E-state index contributed by atoms with van der Waals surface area (Å²) in [7, 11) is -2.21. The summed E-state index contributed by atoms with van der Waals surface area (Å²) in [6.45, 7) is 0.284. The fourth-order valence-corrected chi connectivity index (χ4v) is 4.25. The number of rotatable bonds is 5. The van der Waals surface area contributed by atoms with Gasteiger partial charge in [0.05, 0.1) is 4.90 Å². The average Bonchev–Trinajstić information content (AvgIpc) is 2.48. The highest BCUT2D eigenvalue weighted by Crippen LogP contribution is 2.26. The number of primary amides is 1. The topological polar surface area (TPSA) is 80.5 Å². The highest BCUT2D eigenvalue weighted by atomic mass is 79.9. The Morgan fingerprint density at radius 1 is 1.36 bits per heavy atom. The van der Waals surface area contributed by atoms with Crippen molar-refractivity contribution in [2.24, 2.45) is 5.73 Å². The summed E-state index contributed by atoms with van der Waals surface area (Å²) in [5.41, 5.74) is 6.34. The molecule has 2 rings (SSSR count). The molecular weight excluding hydrogens is 368 g/mol. The van der Waals surface area contributed by atoms with Crippen LogP contribution in [0, 0.1) is 0 Å². The molecule has 0 saturated heterocycles. The summed E-state index contributed by atoms with van der Waals surface area (Å²) in [4.78, 5) is 11.3. The van der Waals surface area contributed by atoms with E-state index in [9.17, 15) is 13.2 Å². The highest BCUT2D eigenvalue weighted by molar-refractivity contribution is 9.10. The lowest BCUT2D eigenvalue weighted by Crippen LogP contribution is -2.29. The average molecular weight is 385 g/mol. The molecule has 118 valence electrons. The Morgan fingerprint density at radius 3 is 2.68 bits per heavy atom. The third-order valence-corrected chi connectivity index (χ3v) is 6.18. The minimum atomic E-state index is -3.72. The third-order valence-electron chi connectivity index (χ3n) is 3.38. The first-order valence-corrected chi connectivity index (χ1v) is 8.97. The number of hydrogen-bond donors (Lipinski definition) is 1. The summed E-state index contributed by atoms with van der Waals surface area (Å²) in [6.07, 6.45) is 7.89. The van der Waals surface area contributed by atoms with Crippen molar-refractivity contribution in [1.82, 2.24) is 4.31 Å². The minimum absolute atomic E-state index is 0.0340. The molecule has 0 saturated carbocycles. The Morgan fingerprint density at radius 2 is 2.09 bits per heavy atom. The van der Waals surface area contributed by atoms with Crippen LogP contribution >= 0.6 is 15.9 Å². The molecule has 22 heavy (non-hydrogen) atoms. The molecule has 0 aliphatic heterocycles. The van der Waals surface area contributed by atoms with Gasteiger partial charge in [-0.1, -0.05) is 18.2 Å². The predicted octanol–water partition coefficient (Wildman–Crippen LogP) is 2.44. The minimum Gasteiger partial charge on any atom is -0.366 e. The molecule has 5 nitrogen and oxygen atoms in total. The van der Waals surface area contributed by atoms with Gasteiger partial charge in [-0.15, -0.1) is 0 Å². The first-order valence-electron chi connectivity index (χ1n) is 6.73. The van der Waals surface area contributed by atoms with Gasteiger partial charge in [0, 0.05) is 23.6 Å². The van der Waals surface area contributed by atoms with Crippen molar-refractivity contribution in [1.29, 1.82) is 0 Å². The smallest absolute Gasteiger partial charge is 0.248 e. The Bertz CT molecular complexity index is 754. The van der Waals surface area contributed by atoms with Gasteiger partial charge in [0.25, 0.3) is 0 Å². The molecule has 7 heteroatoms. The van der Waals surface area contributed by atoms with Crippen LogP contribution in [0.3, 0.4) is 0 Å². The lowest BCUT2D eigenvalue weighted by atomic mass is 10.1. The van der Waals surface area contributed by atoms with Crippen LogP contribution in [-0.2, 0) is 10.0 Å². The predicted molar refractivity (Wildman–Crippen MR) is 88.9 cm³/mol. The van der Waals surface area contributed by atoms with E-state index in [1.54, 1.807) is 0 Å². The molecule has 0 aromatic heterocycles. The maximum absolute atomic E-state index is 12.7. The van der Waals surface area contributed by atoms with Crippen LogP contribution in [0.5, 0.6) is 0 Å². The van der Waals surface area contributed by atoms with Gasteiger partial charge >= 0.3 is 0 Å². The molecule has 0 radical (unpaired) electrons. The number of sulfonamides is 1. The Balaban J connectivity index is 2.33. The second kappa shape index (κ2) is 6.76. The number of carbonyl (C=O) groups is 1. The molecule has 0 fully saturated rings. The van der Waals surface area contributed by atoms with Crippen molar-refractivity contribution >= 4 is 31.9 Å². The fraction of sp³-hybridized carbons (Fsp3) is 0.267. The van der Waals surface area contributed by atoms with Gasteiger partial charge in [-0.05, 0) is 52.5 Å². The number of nitrogens with two attached hydrogens (primary N) is 1. The highest BCUT2D eigenvalue weighted by Gasteiger charge is 2.25. The van der Waals surface area contributed by atoms with Crippen LogP contribution in [0.1, 0.15) is 23.2 Å². The van der Waals surface area contributed by atoms with Crippen LogP contribution < -0.4 is 5.73 Å². The van der Waals surface area contributed by atoms with Crippen molar-refractivity contribution in [3.05, 3.63) is 52.0 Å². The Hall–Kier alpha value is -1.44. The first kappa shape index (κ1) is 16.9. The number of likely N-dealkylation sites (N-methyl/N-ethyl adjacent to an activating group) is 1. The van der Waals surface area contributed by atoms with Crippen LogP contribution in [0.2, 0.25) is 0 Å². The number of benzene rings is 1. The normalized spacial score (nSPS) is 15.0. The molecule has 0 spiro atoms. The van der Waals surface area contributed by atoms with Crippen molar-refractivity contribution in [3.8, 4) is 0 Å². The van der Waals surface area contributed by atoms with E-state index >= 15 is 0 Å². The van der Waals surface area contributed by atoms with E-state index in [1.807, 2.05) is 18.2 Å². The van der Waals surface area contributed by atoms with Crippen LogP contribution in [-0.4, -0.2) is 32.2 Å². The molecule has 0 unspecified atom stereocenters. The molecule has 1 amide bonds. The summed E-state index contributed by atoms with van der Waals surface area (Å²) < 4.78 is 27.1. The van der Waals surface area contributed by atoms with E-state index in [4.69, 9.17) is 5.73 Å². The number of nitrogens with zero attached hydrogens (tertiary/aromatic N) is 1. The Kier molecular flexibility index (Phi) is 5.20. The summed E-state index contributed by atoms with van der Waals surface area (Å²) in [5, 5.41) is 0. The van der Waals surface area contributed by atoms with Gasteiger partial charge in [0.15, 0.2) is 0 Å². The number of carbonyl (C=O) groups excluding carboxylic acids is 1. The zero-order valence-electron chi connectivity index (χ0n) is 12.1. The van der Waals surface area contributed by atoms with Gasteiger partial charge in [0.1, 0.15) is 0 Å². The number of hydrogen-bond acceptors (Lipinski definition) is 3. The lowest BCUT2D eigenvalue weighted by Gasteiger charge is -2.20. The first-order chi connectivity index (χ1) is 10.3. The molecule has 1 aromatic rings. The summed E-state index contributed by atoms with van der Waals surface area (Å²) in [6, 6.07) is 4.29. The Labute approximate surface area is 138 Å². The van der Waals surface area contributed by atoms with Gasteiger partial charge in [-0.2, -0.15) is 4.31 Å². The van der Waals surface area contributed by atoms with E-state index in [1.165, 1.54) is 29.6 Å². The molecule has 0 atom stereocenters. The molecule has 1 aliphatic carbocycles. The molecule has 1 aromatic carbocycles. The largest absolute Gasteiger partial charge is 0.366 e. The number of halogens is 1. The van der Waals surface area contributed by atoms with Crippen molar-refractivity contribution in [3.63, 3.8) is 0 Å².